The Morgan fingerprint density at radius 1 is 1.75 bits per heavy atom. The Hall–Kier alpha value is -1.06. The molecule has 0 aromatic rings. The summed E-state index contributed by atoms with van der Waals surface area (Å²) in [7, 11) is 0. The van der Waals surface area contributed by atoms with Crippen LogP contribution in [0.1, 0.15) is 26.2 Å². The topological polar surface area (TPSA) is 57.6 Å². The van der Waals surface area contributed by atoms with Crippen LogP contribution in [0.4, 0.5) is 4.79 Å². The van der Waals surface area contributed by atoms with Crippen LogP contribution in [0.5, 0.6) is 0 Å². The maximum atomic E-state index is 10.9. The predicted molar refractivity (Wildman–Crippen MR) is 43.1 cm³/mol. The van der Waals surface area contributed by atoms with Crippen molar-refractivity contribution in [2.45, 2.75) is 32.2 Å². The summed E-state index contributed by atoms with van der Waals surface area (Å²) in [6.07, 6.45) is 0.713. The highest BCUT2D eigenvalue weighted by atomic mass is 16.4. The largest absolute Gasteiger partial charge is 0.465 e. The van der Waals surface area contributed by atoms with E-state index >= 15 is 0 Å². The van der Waals surface area contributed by atoms with Gasteiger partial charge in [0.25, 0.3) is 0 Å². The summed E-state index contributed by atoms with van der Waals surface area (Å²) in [4.78, 5) is 22.9. The number of ketones is 1. The van der Waals surface area contributed by atoms with Crippen molar-refractivity contribution in [2.75, 3.05) is 6.54 Å². The number of rotatable bonds is 2. The fourth-order valence-corrected chi connectivity index (χ4v) is 1.61. The molecule has 1 amide bonds. The highest BCUT2D eigenvalue weighted by Gasteiger charge is 2.29. The standard InChI is InChI=1S/C8H13NO3/c1-2-9(8(11)12)6-3-4-7(10)5-6/h6H,2-5H2,1H3,(H,11,12). The van der Waals surface area contributed by atoms with Crippen molar-refractivity contribution in [3.05, 3.63) is 0 Å². The maximum Gasteiger partial charge on any atom is 0.407 e. The molecule has 1 saturated carbocycles. The zero-order chi connectivity index (χ0) is 9.14. The molecule has 0 radical (unpaired) electrons. The van der Waals surface area contributed by atoms with Gasteiger partial charge in [0, 0.05) is 25.4 Å². The summed E-state index contributed by atoms with van der Waals surface area (Å²) in [6, 6.07) is -0.0694. The average Bonchev–Trinajstić information content (AvgIpc) is 2.37. The van der Waals surface area contributed by atoms with Crippen LogP contribution in [-0.2, 0) is 4.79 Å². The van der Waals surface area contributed by atoms with E-state index in [-0.39, 0.29) is 11.8 Å². The highest BCUT2D eigenvalue weighted by molar-refractivity contribution is 5.82. The number of amides is 1. The fraction of sp³-hybridized carbons (Fsp3) is 0.750. The Kier molecular flexibility index (Phi) is 2.68. The lowest BCUT2D eigenvalue weighted by Gasteiger charge is -2.23. The van der Waals surface area contributed by atoms with Gasteiger partial charge < -0.3 is 10.0 Å². The lowest BCUT2D eigenvalue weighted by molar-refractivity contribution is -0.117. The van der Waals surface area contributed by atoms with Crippen LogP contribution in [0.25, 0.3) is 0 Å². The lowest BCUT2D eigenvalue weighted by atomic mass is 10.2. The summed E-state index contributed by atoms with van der Waals surface area (Å²) >= 11 is 0. The average molecular weight is 171 g/mol. The second-order valence-electron chi connectivity index (χ2n) is 3.00. The zero-order valence-electron chi connectivity index (χ0n) is 7.12. The SMILES string of the molecule is CCN(C(=O)O)C1CCC(=O)C1. The molecule has 1 rings (SSSR count). The quantitative estimate of drug-likeness (QED) is 0.677. The number of carboxylic acid groups (broad SMARTS) is 1. The number of Topliss-reactive ketones (excluding diaryl/α,β-unsaturated/α-hetero) is 1. The maximum absolute atomic E-state index is 10.9. The van der Waals surface area contributed by atoms with Crippen molar-refractivity contribution >= 4 is 11.9 Å². The van der Waals surface area contributed by atoms with E-state index in [1.165, 1.54) is 4.90 Å². The lowest BCUT2D eigenvalue weighted by Crippen LogP contribution is -2.37. The van der Waals surface area contributed by atoms with E-state index < -0.39 is 6.09 Å². The molecular formula is C8H13NO3. The third kappa shape index (κ3) is 1.75. The molecule has 1 unspecified atom stereocenters. The summed E-state index contributed by atoms with van der Waals surface area (Å²) in [5, 5.41) is 8.73. The van der Waals surface area contributed by atoms with Crippen LogP contribution < -0.4 is 0 Å². The van der Waals surface area contributed by atoms with E-state index in [0.717, 1.165) is 0 Å². The second-order valence-corrected chi connectivity index (χ2v) is 3.00. The first kappa shape index (κ1) is 9.03. The Bertz CT molecular complexity index is 202. The molecule has 0 bridgehead atoms. The van der Waals surface area contributed by atoms with Gasteiger partial charge in [-0.1, -0.05) is 0 Å². The molecule has 0 heterocycles. The number of carbonyl (C=O) groups is 2. The second kappa shape index (κ2) is 3.56. The van der Waals surface area contributed by atoms with Crippen LogP contribution in [-0.4, -0.2) is 34.5 Å². The molecule has 1 aliphatic carbocycles. The van der Waals surface area contributed by atoms with Crippen LogP contribution in [0.2, 0.25) is 0 Å². The predicted octanol–water partition coefficient (Wildman–Crippen LogP) is 1.11. The Labute approximate surface area is 71.2 Å². The van der Waals surface area contributed by atoms with Gasteiger partial charge in [0.1, 0.15) is 5.78 Å². The van der Waals surface area contributed by atoms with Crippen molar-refractivity contribution in [3.8, 4) is 0 Å². The Balaban J connectivity index is 2.55. The molecule has 4 heteroatoms. The molecule has 0 spiro atoms. The van der Waals surface area contributed by atoms with E-state index in [2.05, 4.69) is 0 Å². The Morgan fingerprint density at radius 2 is 2.42 bits per heavy atom. The van der Waals surface area contributed by atoms with Crippen molar-refractivity contribution in [2.24, 2.45) is 0 Å². The van der Waals surface area contributed by atoms with Gasteiger partial charge >= 0.3 is 6.09 Å². The van der Waals surface area contributed by atoms with Crippen molar-refractivity contribution in [1.29, 1.82) is 0 Å². The van der Waals surface area contributed by atoms with Crippen LogP contribution >= 0.6 is 0 Å². The highest BCUT2D eigenvalue weighted by Crippen LogP contribution is 2.20. The van der Waals surface area contributed by atoms with Crippen molar-refractivity contribution < 1.29 is 14.7 Å². The first-order chi connectivity index (χ1) is 5.65. The van der Waals surface area contributed by atoms with Crippen molar-refractivity contribution in [3.63, 3.8) is 0 Å². The van der Waals surface area contributed by atoms with E-state index in [0.29, 0.717) is 25.8 Å². The van der Waals surface area contributed by atoms with Gasteiger partial charge in [-0.25, -0.2) is 4.79 Å². The van der Waals surface area contributed by atoms with Crippen LogP contribution in [0, 0.1) is 0 Å². The molecule has 4 nitrogen and oxygen atoms in total. The first-order valence-electron chi connectivity index (χ1n) is 4.16. The molecule has 12 heavy (non-hydrogen) atoms. The molecule has 1 aliphatic rings. The molecule has 0 aromatic heterocycles. The number of hydrogen-bond acceptors (Lipinski definition) is 2. The van der Waals surface area contributed by atoms with Gasteiger partial charge in [0.15, 0.2) is 0 Å². The zero-order valence-corrected chi connectivity index (χ0v) is 7.12. The van der Waals surface area contributed by atoms with E-state index in [1.807, 2.05) is 0 Å². The minimum absolute atomic E-state index is 0.0694. The van der Waals surface area contributed by atoms with Gasteiger partial charge in [-0.2, -0.15) is 0 Å². The van der Waals surface area contributed by atoms with E-state index in [4.69, 9.17) is 5.11 Å². The molecule has 0 aromatic carbocycles. The molecule has 0 aliphatic heterocycles. The third-order valence-electron chi connectivity index (χ3n) is 2.25. The monoisotopic (exact) mass is 171 g/mol. The smallest absolute Gasteiger partial charge is 0.407 e. The minimum Gasteiger partial charge on any atom is -0.465 e. The van der Waals surface area contributed by atoms with E-state index in [1.54, 1.807) is 6.92 Å². The molecular weight excluding hydrogens is 158 g/mol. The molecule has 68 valence electrons. The van der Waals surface area contributed by atoms with Gasteiger partial charge in [0.2, 0.25) is 0 Å². The van der Waals surface area contributed by atoms with E-state index in [9.17, 15) is 9.59 Å². The molecule has 1 atom stereocenters. The summed E-state index contributed by atoms with van der Waals surface area (Å²) < 4.78 is 0. The normalized spacial score (nSPS) is 22.8. The number of nitrogens with zero attached hydrogens (tertiary/aromatic N) is 1. The third-order valence-corrected chi connectivity index (χ3v) is 2.25. The fourth-order valence-electron chi connectivity index (χ4n) is 1.61. The van der Waals surface area contributed by atoms with Gasteiger partial charge in [-0.3, -0.25) is 4.79 Å². The van der Waals surface area contributed by atoms with Gasteiger partial charge in [0.05, 0.1) is 0 Å². The summed E-state index contributed by atoms with van der Waals surface area (Å²) in [5.74, 6) is 0.180. The molecule has 1 N–H and O–H groups in total. The summed E-state index contributed by atoms with van der Waals surface area (Å²) in [6.45, 7) is 2.25. The number of hydrogen-bond donors (Lipinski definition) is 1. The first-order valence-corrected chi connectivity index (χ1v) is 4.16. The molecule has 1 fully saturated rings. The minimum atomic E-state index is -0.919. The van der Waals surface area contributed by atoms with Gasteiger partial charge in [-0.15, -0.1) is 0 Å². The number of carbonyl (C=O) groups excluding carboxylic acids is 1. The van der Waals surface area contributed by atoms with Crippen LogP contribution in [0.15, 0.2) is 0 Å². The van der Waals surface area contributed by atoms with Crippen LogP contribution in [0.3, 0.4) is 0 Å². The van der Waals surface area contributed by atoms with Gasteiger partial charge in [-0.05, 0) is 13.3 Å². The van der Waals surface area contributed by atoms with Crippen molar-refractivity contribution in [1.82, 2.24) is 4.90 Å². The summed E-state index contributed by atoms with van der Waals surface area (Å²) in [5.41, 5.74) is 0. The Morgan fingerprint density at radius 3 is 2.75 bits per heavy atom. The molecule has 0 saturated heterocycles.